The first-order chi connectivity index (χ1) is 14.1. The number of carbonyl (C=O) groups excluding carboxylic acids is 2. The van der Waals surface area contributed by atoms with Gasteiger partial charge in [0.05, 0.1) is 31.4 Å². The van der Waals surface area contributed by atoms with Crippen LogP contribution in [0.15, 0.2) is 30.9 Å². The highest BCUT2D eigenvalue weighted by Crippen LogP contribution is 2.44. The molecule has 3 aliphatic heterocycles. The molecule has 9 nitrogen and oxygen atoms in total. The maximum Gasteiger partial charge on any atom is 0.274 e. The van der Waals surface area contributed by atoms with E-state index >= 15 is 0 Å². The van der Waals surface area contributed by atoms with E-state index in [-0.39, 0.29) is 29.5 Å². The molecule has 2 amide bonds. The summed E-state index contributed by atoms with van der Waals surface area (Å²) in [4.78, 5) is 37.8. The number of amides is 2. The Hall–Kier alpha value is -2.81. The van der Waals surface area contributed by atoms with E-state index in [1.165, 1.54) is 12.4 Å². The van der Waals surface area contributed by atoms with Gasteiger partial charge in [0.15, 0.2) is 0 Å². The number of rotatable bonds is 3. The highest BCUT2D eigenvalue weighted by atomic mass is 16.5. The lowest BCUT2D eigenvalue weighted by molar-refractivity contribution is -0.157. The van der Waals surface area contributed by atoms with Crippen molar-refractivity contribution in [1.29, 1.82) is 0 Å². The predicted molar refractivity (Wildman–Crippen MR) is 102 cm³/mol. The molecule has 5 rings (SSSR count). The maximum atomic E-state index is 12.9. The molecule has 1 N–H and O–H groups in total. The molecule has 0 radical (unpaired) electrons. The van der Waals surface area contributed by atoms with Crippen LogP contribution >= 0.6 is 0 Å². The predicted octanol–water partition coefficient (Wildman–Crippen LogP) is 0.807. The summed E-state index contributed by atoms with van der Waals surface area (Å²) < 4.78 is 6.25. The van der Waals surface area contributed by atoms with Gasteiger partial charge in [0.1, 0.15) is 5.69 Å². The average Bonchev–Trinajstić information content (AvgIpc) is 3.34. The zero-order chi connectivity index (χ0) is 19.8. The molecule has 0 aromatic carbocycles. The Morgan fingerprint density at radius 3 is 2.72 bits per heavy atom. The van der Waals surface area contributed by atoms with Gasteiger partial charge in [0, 0.05) is 42.9 Å². The molecule has 3 aliphatic rings. The van der Waals surface area contributed by atoms with Gasteiger partial charge in [0.25, 0.3) is 5.91 Å². The Kier molecular flexibility index (Phi) is 4.54. The Labute approximate surface area is 168 Å². The lowest BCUT2D eigenvalue weighted by Crippen LogP contribution is -2.61. The monoisotopic (exact) mass is 396 g/mol. The molecule has 29 heavy (non-hydrogen) atoms. The standard InChI is InChI=1S/C20H24N6O3/c27-18(9-14-3-4-23-24-14)26-15-1-2-16(26)11-20(10-15)13-25(7-8-29-20)19(28)17-12-21-5-6-22-17/h3-6,12,15-16H,1-2,7-11,13H2,(H,23,24)/t15-,16+,20?. The van der Waals surface area contributed by atoms with Crippen LogP contribution in [-0.4, -0.2) is 79.2 Å². The van der Waals surface area contributed by atoms with Gasteiger partial charge >= 0.3 is 0 Å². The molecule has 3 saturated heterocycles. The van der Waals surface area contributed by atoms with E-state index in [9.17, 15) is 9.59 Å². The van der Waals surface area contributed by atoms with Crippen LogP contribution in [0.2, 0.25) is 0 Å². The summed E-state index contributed by atoms with van der Waals surface area (Å²) in [5.74, 6) is 0.0331. The van der Waals surface area contributed by atoms with Crippen molar-refractivity contribution in [2.45, 2.75) is 49.8 Å². The lowest BCUT2D eigenvalue weighted by Gasteiger charge is -2.50. The first-order valence-electron chi connectivity index (χ1n) is 10.1. The summed E-state index contributed by atoms with van der Waals surface area (Å²) in [6.45, 7) is 1.60. The van der Waals surface area contributed by atoms with Crippen molar-refractivity contribution in [3.63, 3.8) is 0 Å². The second kappa shape index (κ2) is 7.22. The van der Waals surface area contributed by atoms with Crippen molar-refractivity contribution in [3.8, 4) is 0 Å². The molecule has 0 saturated carbocycles. The largest absolute Gasteiger partial charge is 0.371 e. The number of piperidine rings is 1. The van der Waals surface area contributed by atoms with Crippen LogP contribution in [0.4, 0.5) is 0 Å². The molecular weight excluding hydrogens is 372 g/mol. The number of nitrogens with zero attached hydrogens (tertiary/aromatic N) is 5. The van der Waals surface area contributed by atoms with Crippen molar-refractivity contribution >= 4 is 11.8 Å². The molecule has 2 aromatic rings. The fourth-order valence-corrected chi connectivity index (χ4v) is 5.19. The van der Waals surface area contributed by atoms with Gasteiger partial charge in [-0.1, -0.05) is 0 Å². The van der Waals surface area contributed by atoms with Gasteiger partial charge in [-0.3, -0.25) is 19.7 Å². The van der Waals surface area contributed by atoms with Gasteiger partial charge in [-0.25, -0.2) is 4.98 Å². The minimum atomic E-state index is -0.382. The quantitative estimate of drug-likeness (QED) is 0.823. The molecular formula is C20H24N6O3. The number of morpholine rings is 1. The van der Waals surface area contributed by atoms with Crippen molar-refractivity contribution in [1.82, 2.24) is 30.0 Å². The number of hydrogen-bond donors (Lipinski definition) is 1. The molecule has 3 atom stereocenters. The number of carbonyl (C=O) groups is 2. The van der Waals surface area contributed by atoms with Crippen molar-refractivity contribution in [3.05, 3.63) is 42.2 Å². The summed E-state index contributed by atoms with van der Waals surface area (Å²) in [7, 11) is 0. The number of fused-ring (bicyclic) bond motifs is 2. The molecule has 152 valence electrons. The summed E-state index contributed by atoms with van der Waals surface area (Å²) in [5, 5.41) is 6.80. The third-order valence-electron chi connectivity index (χ3n) is 6.34. The van der Waals surface area contributed by atoms with Gasteiger partial charge in [-0.2, -0.15) is 5.10 Å². The van der Waals surface area contributed by atoms with E-state index in [0.717, 1.165) is 31.4 Å². The lowest BCUT2D eigenvalue weighted by atomic mass is 9.84. The first kappa shape index (κ1) is 18.2. The summed E-state index contributed by atoms with van der Waals surface area (Å²) in [6.07, 6.45) is 10.1. The molecule has 1 unspecified atom stereocenters. The second-order valence-electron chi connectivity index (χ2n) is 8.20. The van der Waals surface area contributed by atoms with E-state index in [1.807, 2.05) is 11.0 Å². The number of H-pyrrole nitrogens is 1. The molecule has 1 spiro atoms. The summed E-state index contributed by atoms with van der Waals surface area (Å²) in [6, 6.07) is 2.16. The van der Waals surface area contributed by atoms with Gasteiger partial charge in [0.2, 0.25) is 5.91 Å². The van der Waals surface area contributed by atoms with Crippen LogP contribution in [0.5, 0.6) is 0 Å². The number of nitrogens with one attached hydrogen (secondary N) is 1. The fraction of sp³-hybridized carbons (Fsp3) is 0.550. The number of ether oxygens (including phenoxy) is 1. The van der Waals surface area contributed by atoms with Crippen LogP contribution in [0.3, 0.4) is 0 Å². The normalized spacial score (nSPS) is 28.7. The smallest absolute Gasteiger partial charge is 0.274 e. The average molecular weight is 396 g/mol. The van der Waals surface area contributed by atoms with Crippen LogP contribution in [0.1, 0.15) is 41.9 Å². The molecule has 2 bridgehead atoms. The van der Waals surface area contributed by atoms with Crippen LogP contribution in [-0.2, 0) is 16.0 Å². The van der Waals surface area contributed by atoms with E-state index in [2.05, 4.69) is 25.1 Å². The number of aromatic nitrogens is 4. The summed E-state index contributed by atoms with van der Waals surface area (Å²) in [5.41, 5.74) is 0.816. The van der Waals surface area contributed by atoms with Crippen molar-refractivity contribution in [2.75, 3.05) is 19.7 Å². The highest BCUT2D eigenvalue weighted by Gasteiger charge is 2.52. The summed E-state index contributed by atoms with van der Waals surface area (Å²) >= 11 is 0. The minimum absolute atomic E-state index is 0.106. The van der Waals surface area contributed by atoms with E-state index in [1.54, 1.807) is 12.4 Å². The Balaban J connectivity index is 1.29. The topological polar surface area (TPSA) is 104 Å². The Morgan fingerprint density at radius 1 is 1.21 bits per heavy atom. The Morgan fingerprint density at radius 2 is 2.03 bits per heavy atom. The first-order valence-corrected chi connectivity index (χ1v) is 10.1. The van der Waals surface area contributed by atoms with Gasteiger partial charge < -0.3 is 14.5 Å². The minimum Gasteiger partial charge on any atom is -0.371 e. The van der Waals surface area contributed by atoms with Crippen LogP contribution in [0.25, 0.3) is 0 Å². The van der Waals surface area contributed by atoms with Crippen LogP contribution < -0.4 is 0 Å². The van der Waals surface area contributed by atoms with Crippen molar-refractivity contribution < 1.29 is 14.3 Å². The van der Waals surface area contributed by atoms with Gasteiger partial charge in [-0.05, 0) is 31.7 Å². The third-order valence-corrected chi connectivity index (χ3v) is 6.34. The Bertz CT molecular complexity index is 873. The fourth-order valence-electron chi connectivity index (χ4n) is 5.19. The van der Waals surface area contributed by atoms with E-state index < -0.39 is 0 Å². The zero-order valence-electron chi connectivity index (χ0n) is 16.2. The number of hydrogen-bond acceptors (Lipinski definition) is 6. The molecule has 0 aliphatic carbocycles. The van der Waals surface area contributed by atoms with Gasteiger partial charge in [-0.15, -0.1) is 0 Å². The maximum absolute atomic E-state index is 12.9. The van der Waals surface area contributed by atoms with E-state index in [4.69, 9.17) is 4.74 Å². The molecule has 9 heteroatoms. The van der Waals surface area contributed by atoms with E-state index in [0.29, 0.717) is 31.8 Å². The molecule has 3 fully saturated rings. The van der Waals surface area contributed by atoms with Crippen LogP contribution in [0, 0.1) is 0 Å². The highest BCUT2D eigenvalue weighted by molar-refractivity contribution is 5.92. The molecule has 2 aromatic heterocycles. The number of aromatic amines is 1. The molecule has 5 heterocycles. The third kappa shape index (κ3) is 3.39. The SMILES string of the molecule is O=C(c1cnccn1)N1CCOC2(C[C@H]3CC[C@@H](C2)N3C(=O)Cc2ccn[nH]2)C1. The van der Waals surface area contributed by atoms with Crippen molar-refractivity contribution in [2.24, 2.45) is 0 Å². The zero-order valence-corrected chi connectivity index (χ0v) is 16.2. The second-order valence-corrected chi connectivity index (χ2v) is 8.20.